The third-order valence-electron chi connectivity index (χ3n) is 4.05. The lowest BCUT2D eigenvalue weighted by Crippen LogP contribution is -2.16. The molecular weight excluding hydrogens is 410 g/mol. The molecule has 1 heterocycles. The second-order valence-corrected chi connectivity index (χ2v) is 7.79. The van der Waals surface area contributed by atoms with Crippen molar-refractivity contribution in [3.05, 3.63) is 64.3 Å². The minimum Gasteiger partial charge on any atom is -0.333 e. The fourth-order valence-electron chi connectivity index (χ4n) is 2.66. The van der Waals surface area contributed by atoms with Gasteiger partial charge in [0.2, 0.25) is 5.91 Å². The summed E-state index contributed by atoms with van der Waals surface area (Å²) in [5.74, 6) is 0.283. The molecule has 0 unspecified atom stereocenters. The van der Waals surface area contributed by atoms with Crippen LogP contribution in [-0.4, -0.2) is 21.6 Å². The maximum Gasteiger partial charge on any atom is 0.234 e. The number of amides is 1. The van der Waals surface area contributed by atoms with E-state index in [0.29, 0.717) is 5.75 Å². The summed E-state index contributed by atoms with van der Waals surface area (Å²) in [4.78, 5) is 20.0. The van der Waals surface area contributed by atoms with Crippen LogP contribution in [0.25, 0.3) is 11.3 Å². The Morgan fingerprint density at radius 2 is 2.00 bits per heavy atom. The van der Waals surface area contributed by atoms with Gasteiger partial charge in [0.1, 0.15) is 0 Å². The average molecular weight is 430 g/mol. The van der Waals surface area contributed by atoms with E-state index in [1.54, 1.807) is 6.20 Å². The molecule has 0 aliphatic heterocycles. The Bertz CT molecular complexity index is 906. The van der Waals surface area contributed by atoms with Crippen molar-refractivity contribution < 1.29 is 4.79 Å². The Balaban J connectivity index is 1.61. The summed E-state index contributed by atoms with van der Waals surface area (Å²) in [5.41, 5.74) is 5.16. The quantitative estimate of drug-likeness (QED) is 0.512. The number of carbonyl (C=O) groups is 1. The number of aromatic nitrogens is 2. The highest BCUT2D eigenvalue weighted by Gasteiger charge is 2.11. The number of halogens is 1. The molecule has 134 valence electrons. The van der Waals surface area contributed by atoms with Gasteiger partial charge in [0, 0.05) is 10.2 Å². The van der Waals surface area contributed by atoms with Gasteiger partial charge in [0.25, 0.3) is 0 Å². The summed E-state index contributed by atoms with van der Waals surface area (Å²) in [5, 5.41) is 3.77. The highest BCUT2D eigenvalue weighted by Crippen LogP contribution is 2.24. The van der Waals surface area contributed by atoms with E-state index in [1.165, 1.54) is 11.8 Å². The molecule has 0 aliphatic rings. The number of H-pyrrole nitrogens is 1. The number of nitrogens with one attached hydrogen (secondary N) is 2. The summed E-state index contributed by atoms with van der Waals surface area (Å²) in [6, 6.07) is 14.1. The number of thioether (sulfide) groups is 1. The van der Waals surface area contributed by atoms with Gasteiger partial charge in [-0.15, -0.1) is 0 Å². The van der Waals surface area contributed by atoms with E-state index in [-0.39, 0.29) is 5.91 Å². The number of hydrogen-bond acceptors (Lipinski definition) is 3. The Morgan fingerprint density at radius 1 is 1.23 bits per heavy atom. The molecule has 2 aromatic carbocycles. The topological polar surface area (TPSA) is 57.8 Å². The van der Waals surface area contributed by atoms with E-state index < -0.39 is 0 Å². The predicted molar refractivity (Wildman–Crippen MR) is 112 cm³/mol. The van der Waals surface area contributed by atoms with Crippen molar-refractivity contribution in [2.24, 2.45) is 0 Å². The molecule has 0 fully saturated rings. The molecule has 3 aromatic rings. The van der Waals surface area contributed by atoms with E-state index in [1.807, 2.05) is 49.4 Å². The van der Waals surface area contributed by atoms with Crippen molar-refractivity contribution in [3.8, 4) is 11.3 Å². The van der Waals surface area contributed by atoms with Gasteiger partial charge in [-0.25, -0.2) is 4.98 Å². The standard InChI is InChI=1S/C20H20BrN3OS/c1-3-14-6-4-5-13(2)19(14)24-18(25)12-26-20-22-11-17(23-20)15-7-9-16(21)10-8-15/h4-11H,3,12H2,1-2H3,(H,22,23)(H,24,25). The second-order valence-electron chi connectivity index (χ2n) is 5.91. The number of para-hydroxylation sites is 1. The molecule has 26 heavy (non-hydrogen) atoms. The summed E-state index contributed by atoms with van der Waals surface area (Å²) in [7, 11) is 0. The van der Waals surface area contributed by atoms with Crippen molar-refractivity contribution in [3.63, 3.8) is 0 Å². The normalized spacial score (nSPS) is 10.7. The average Bonchev–Trinajstić information content (AvgIpc) is 3.11. The number of imidazole rings is 1. The number of hydrogen-bond donors (Lipinski definition) is 2. The molecule has 0 atom stereocenters. The SMILES string of the molecule is CCc1cccc(C)c1NC(=O)CSc1ncc(-c2ccc(Br)cc2)[nH]1. The van der Waals surface area contributed by atoms with Gasteiger partial charge in [-0.05, 0) is 42.2 Å². The molecule has 1 amide bonds. The van der Waals surface area contributed by atoms with Crippen LogP contribution in [0.15, 0.2) is 58.3 Å². The molecule has 0 bridgehead atoms. The van der Waals surface area contributed by atoms with Crippen molar-refractivity contribution in [1.82, 2.24) is 9.97 Å². The van der Waals surface area contributed by atoms with E-state index in [0.717, 1.165) is 44.1 Å². The van der Waals surface area contributed by atoms with Crippen LogP contribution in [0.1, 0.15) is 18.1 Å². The highest BCUT2D eigenvalue weighted by molar-refractivity contribution is 9.10. The van der Waals surface area contributed by atoms with Crippen LogP contribution in [0, 0.1) is 6.92 Å². The number of aryl methyl sites for hydroxylation is 2. The minimum atomic E-state index is -0.0272. The fraction of sp³-hybridized carbons (Fsp3) is 0.200. The van der Waals surface area contributed by atoms with E-state index in [9.17, 15) is 4.79 Å². The zero-order valence-electron chi connectivity index (χ0n) is 14.7. The molecule has 1 aromatic heterocycles. The number of anilines is 1. The van der Waals surface area contributed by atoms with Gasteiger partial charge < -0.3 is 10.3 Å². The van der Waals surface area contributed by atoms with Crippen LogP contribution >= 0.6 is 27.7 Å². The zero-order valence-corrected chi connectivity index (χ0v) is 17.1. The largest absolute Gasteiger partial charge is 0.333 e. The third-order valence-corrected chi connectivity index (χ3v) is 5.47. The van der Waals surface area contributed by atoms with Crippen LogP contribution in [-0.2, 0) is 11.2 Å². The maximum absolute atomic E-state index is 12.3. The van der Waals surface area contributed by atoms with Crippen LogP contribution in [0.5, 0.6) is 0 Å². The highest BCUT2D eigenvalue weighted by atomic mass is 79.9. The molecule has 2 N–H and O–H groups in total. The smallest absolute Gasteiger partial charge is 0.234 e. The lowest BCUT2D eigenvalue weighted by atomic mass is 10.1. The molecule has 0 saturated heterocycles. The van der Waals surface area contributed by atoms with E-state index in [2.05, 4.69) is 38.1 Å². The molecule has 6 heteroatoms. The number of benzene rings is 2. The van der Waals surface area contributed by atoms with Crippen molar-refractivity contribution in [2.45, 2.75) is 25.4 Å². The number of rotatable bonds is 6. The van der Waals surface area contributed by atoms with Gasteiger partial charge in [-0.3, -0.25) is 4.79 Å². The number of nitrogens with zero attached hydrogens (tertiary/aromatic N) is 1. The number of carbonyl (C=O) groups excluding carboxylic acids is 1. The first-order valence-corrected chi connectivity index (χ1v) is 10.2. The fourth-order valence-corrected chi connectivity index (χ4v) is 3.58. The monoisotopic (exact) mass is 429 g/mol. The van der Waals surface area contributed by atoms with Crippen LogP contribution < -0.4 is 5.32 Å². The molecule has 0 saturated carbocycles. The van der Waals surface area contributed by atoms with Crippen molar-refractivity contribution in [2.75, 3.05) is 11.1 Å². The van der Waals surface area contributed by atoms with Crippen molar-refractivity contribution >= 4 is 39.3 Å². The van der Waals surface area contributed by atoms with Crippen molar-refractivity contribution in [1.29, 1.82) is 0 Å². The first-order valence-electron chi connectivity index (χ1n) is 8.39. The summed E-state index contributed by atoms with van der Waals surface area (Å²) in [6.07, 6.45) is 2.68. The summed E-state index contributed by atoms with van der Waals surface area (Å²) < 4.78 is 1.04. The molecule has 3 rings (SSSR count). The first-order chi connectivity index (χ1) is 12.6. The third kappa shape index (κ3) is 4.56. The van der Waals surface area contributed by atoms with Gasteiger partial charge >= 0.3 is 0 Å². The minimum absolute atomic E-state index is 0.0272. The second kappa shape index (κ2) is 8.56. The summed E-state index contributed by atoms with van der Waals surface area (Å²) in [6.45, 7) is 4.10. The first kappa shape index (κ1) is 18.7. The van der Waals surface area contributed by atoms with E-state index >= 15 is 0 Å². The molecule has 0 radical (unpaired) electrons. The van der Waals surface area contributed by atoms with Gasteiger partial charge in [0.05, 0.1) is 17.6 Å². The molecule has 0 spiro atoms. The maximum atomic E-state index is 12.3. The molecular formula is C20H20BrN3OS. The Kier molecular flexibility index (Phi) is 6.16. The molecule has 0 aliphatic carbocycles. The Hall–Kier alpha value is -2.05. The van der Waals surface area contributed by atoms with Gasteiger partial charge in [0.15, 0.2) is 5.16 Å². The lowest BCUT2D eigenvalue weighted by molar-refractivity contribution is -0.113. The Labute approximate surface area is 166 Å². The van der Waals surface area contributed by atoms with E-state index in [4.69, 9.17) is 0 Å². The molecule has 4 nitrogen and oxygen atoms in total. The zero-order chi connectivity index (χ0) is 18.5. The van der Waals surface area contributed by atoms with Crippen LogP contribution in [0.4, 0.5) is 5.69 Å². The summed E-state index contributed by atoms with van der Waals surface area (Å²) >= 11 is 4.83. The van der Waals surface area contributed by atoms with Gasteiger partial charge in [-0.1, -0.05) is 64.9 Å². The lowest BCUT2D eigenvalue weighted by Gasteiger charge is -2.12. The predicted octanol–water partition coefficient (Wildman–Crippen LogP) is 5.44. The van der Waals surface area contributed by atoms with Gasteiger partial charge in [-0.2, -0.15) is 0 Å². The Morgan fingerprint density at radius 3 is 2.73 bits per heavy atom. The number of aromatic amines is 1. The van der Waals surface area contributed by atoms with Crippen LogP contribution in [0.3, 0.4) is 0 Å². The van der Waals surface area contributed by atoms with Crippen LogP contribution in [0.2, 0.25) is 0 Å².